The van der Waals surface area contributed by atoms with Crippen molar-refractivity contribution in [2.24, 2.45) is 10.9 Å². The van der Waals surface area contributed by atoms with E-state index in [1.165, 1.54) is 0 Å². The molecule has 18 heavy (non-hydrogen) atoms. The molecule has 1 fully saturated rings. The molecule has 1 saturated heterocycles. The molecule has 0 saturated carbocycles. The van der Waals surface area contributed by atoms with Crippen LogP contribution < -0.4 is 10.6 Å². The largest absolute Gasteiger partial charge is 0.409 e. The van der Waals surface area contributed by atoms with E-state index < -0.39 is 5.54 Å². The Morgan fingerprint density at radius 2 is 2.11 bits per heavy atom. The molecule has 1 aliphatic rings. The first-order valence-electron chi connectivity index (χ1n) is 5.93. The number of aromatic nitrogens is 1. The number of rotatable bonds is 3. The van der Waals surface area contributed by atoms with Crippen LogP contribution in [0.4, 0.5) is 5.13 Å². The molecule has 0 spiro atoms. The Balaban J connectivity index is 1.98. The topological polar surface area (TPSA) is 78.0 Å². The van der Waals surface area contributed by atoms with E-state index in [1.807, 2.05) is 25.4 Å². The summed E-state index contributed by atoms with van der Waals surface area (Å²) in [5.41, 5.74) is 5.33. The molecule has 100 valence electrons. The SMILES string of the molecule is CC(C)(C(N)=NO)N1CCN(c2nccs2)CC1. The van der Waals surface area contributed by atoms with Crippen LogP contribution in [0.25, 0.3) is 0 Å². The minimum atomic E-state index is -0.413. The monoisotopic (exact) mass is 269 g/mol. The third kappa shape index (κ3) is 2.41. The molecule has 1 aliphatic heterocycles. The fourth-order valence-corrected chi connectivity index (χ4v) is 2.81. The van der Waals surface area contributed by atoms with Crippen LogP contribution in [-0.4, -0.2) is 52.6 Å². The van der Waals surface area contributed by atoms with Gasteiger partial charge in [0.15, 0.2) is 11.0 Å². The van der Waals surface area contributed by atoms with Crippen LogP contribution in [0.15, 0.2) is 16.7 Å². The van der Waals surface area contributed by atoms with Crippen molar-refractivity contribution in [2.75, 3.05) is 31.1 Å². The van der Waals surface area contributed by atoms with E-state index in [0.29, 0.717) is 0 Å². The lowest BCUT2D eigenvalue weighted by molar-refractivity contribution is 0.161. The minimum absolute atomic E-state index is 0.255. The van der Waals surface area contributed by atoms with Crippen LogP contribution in [0.2, 0.25) is 0 Å². The summed E-state index contributed by atoms with van der Waals surface area (Å²) in [6.07, 6.45) is 1.83. The average molecular weight is 269 g/mol. The summed E-state index contributed by atoms with van der Waals surface area (Å²) < 4.78 is 0. The highest BCUT2D eigenvalue weighted by Gasteiger charge is 2.34. The first kappa shape index (κ1) is 13.1. The zero-order valence-corrected chi connectivity index (χ0v) is 11.5. The van der Waals surface area contributed by atoms with Gasteiger partial charge < -0.3 is 15.8 Å². The zero-order chi connectivity index (χ0) is 13.2. The predicted octanol–water partition coefficient (Wildman–Crippen LogP) is 0.790. The van der Waals surface area contributed by atoms with E-state index in [-0.39, 0.29) is 5.84 Å². The van der Waals surface area contributed by atoms with Gasteiger partial charge >= 0.3 is 0 Å². The van der Waals surface area contributed by atoms with Gasteiger partial charge in [0.2, 0.25) is 0 Å². The molecular weight excluding hydrogens is 250 g/mol. The Morgan fingerprint density at radius 1 is 1.44 bits per heavy atom. The van der Waals surface area contributed by atoms with Gasteiger partial charge in [-0.25, -0.2) is 4.98 Å². The lowest BCUT2D eigenvalue weighted by Gasteiger charge is -2.43. The van der Waals surface area contributed by atoms with Crippen LogP contribution in [0.3, 0.4) is 0 Å². The summed E-state index contributed by atoms with van der Waals surface area (Å²) in [6, 6.07) is 0. The van der Waals surface area contributed by atoms with Gasteiger partial charge in [-0.1, -0.05) is 5.16 Å². The molecule has 1 aromatic heterocycles. The molecule has 0 aromatic carbocycles. The van der Waals surface area contributed by atoms with E-state index in [9.17, 15) is 0 Å². The molecule has 0 bridgehead atoms. The van der Waals surface area contributed by atoms with E-state index in [1.54, 1.807) is 11.3 Å². The highest BCUT2D eigenvalue weighted by atomic mass is 32.1. The molecule has 2 heterocycles. The summed E-state index contributed by atoms with van der Waals surface area (Å²) in [5.74, 6) is 0.255. The Hall–Kier alpha value is -1.34. The molecule has 7 heteroatoms. The van der Waals surface area contributed by atoms with Gasteiger partial charge in [0, 0.05) is 37.8 Å². The number of hydrogen-bond acceptors (Lipinski definition) is 6. The van der Waals surface area contributed by atoms with Crippen LogP contribution in [0.1, 0.15) is 13.8 Å². The number of piperazine rings is 1. The highest BCUT2D eigenvalue weighted by Crippen LogP contribution is 2.22. The second kappa shape index (κ2) is 5.11. The lowest BCUT2D eigenvalue weighted by atomic mass is 10.0. The molecule has 0 unspecified atom stereocenters. The predicted molar refractivity (Wildman–Crippen MR) is 73.4 cm³/mol. The van der Waals surface area contributed by atoms with Crippen molar-refractivity contribution < 1.29 is 5.21 Å². The summed E-state index contributed by atoms with van der Waals surface area (Å²) in [5, 5.41) is 15.0. The summed E-state index contributed by atoms with van der Waals surface area (Å²) >= 11 is 1.66. The first-order valence-corrected chi connectivity index (χ1v) is 6.81. The molecule has 3 N–H and O–H groups in total. The number of oxime groups is 1. The van der Waals surface area contributed by atoms with Crippen molar-refractivity contribution in [1.29, 1.82) is 0 Å². The number of thiazole rings is 1. The molecule has 0 aliphatic carbocycles. The van der Waals surface area contributed by atoms with Gasteiger partial charge in [-0.05, 0) is 13.8 Å². The van der Waals surface area contributed by atoms with Gasteiger partial charge in [-0.15, -0.1) is 11.3 Å². The maximum Gasteiger partial charge on any atom is 0.185 e. The number of amidine groups is 1. The molecule has 1 aromatic rings. The number of nitrogens with zero attached hydrogens (tertiary/aromatic N) is 4. The smallest absolute Gasteiger partial charge is 0.185 e. The van der Waals surface area contributed by atoms with E-state index in [2.05, 4.69) is 19.9 Å². The van der Waals surface area contributed by atoms with Crippen molar-refractivity contribution in [1.82, 2.24) is 9.88 Å². The van der Waals surface area contributed by atoms with Crippen LogP contribution >= 0.6 is 11.3 Å². The summed E-state index contributed by atoms with van der Waals surface area (Å²) in [6.45, 7) is 7.53. The number of nitrogens with two attached hydrogens (primary N) is 1. The van der Waals surface area contributed by atoms with Crippen LogP contribution in [0, 0.1) is 0 Å². The second-order valence-electron chi connectivity index (χ2n) is 4.83. The Bertz CT molecular complexity index is 409. The number of anilines is 1. The van der Waals surface area contributed by atoms with E-state index in [4.69, 9.17) is 10.9 Å². The van der Waals surface area contributed by atoms with E-state index >= 15 is 0 Å². The van der Waals surface area contributed by atoms with Crippen molar-refractivity contribution in [2.45, 2.75) is 19.4 Å². The van der Waals surface area contributed by atoms with Gasteiger partial charge in [-0.3, -0.25) is 4.90 Å². The molecule has 6 nitrogen and oxygen atoms in total. The Kier molecular flexibility index (Phi) is 3.72. The summed E-state index contributed by atoms with van der Waals surface area (Å²) in [7, 11) is 0. The fourth-order valence-electron chi connectivity index (χ4n) is 2.11. The van der Waals surface area contributed by atoms with Crippen molar-refractivity contribution in [3.05, 3.63) is 11.6 Å². The lowest BCUT2D eigenvalue weighted by Crippen LogP contribution is -2.59. The van der Waals surface area contributed by atoms with Crippen molar-refractivity contribution in [3.8, 4) is 0 Å². The Labute approximate surface area is 111 Å². The first-order chi connectivity index (χ1) is 8.55. The third-order valence-corrected chi connectivity index (χ3v) is 4.33. The average Bonchev–Trinajstić information content (AvgIpc) is 2.91. The highest BCUT2D eigenvalue weighted by molar-refractivity contribution is 7.13. The van der Waals surface area contributed by atoms with Crippen molar-refractivity contribution >= 4 is 22.3 Å². The molecule has 0 atom stereocenters. The zero-order valence-electron chi connectivity index (χ0n) is 10.7. The van der Waals surface area contributed by atoms with Crippen LogP contribution in [0.5, 0.6) is 0 Å². The molecule has 0 radical (unpaired) electrons. The Morgan fingerprint density at radius 3 is 2.61 bits per heavy atom. The normalized spacial score (nSPS) is 19.2. The van der Waals surface area contributed by atoms with Gasteiger partial charge in [-0.2, -0.15) is 0 Å². The number of hydrogen-bond donors (Lipinski definition) is 2. The quantitative estimate of drug-likeness (QED) is 0.367. The molecule has 2 rings (SSSR count). The summed E-state index contributed by atoms with van der Waals surface area (Å²) in [4.78, 5) is 8.81. The molecule has 0 amide bonds. The van der Waals surface area contributed by atoms with Gasteiger partial charge in [0.1, 0.15) is 0 Å². The third-order valence-electron chi connectivity index (χ3n) is 3.49. The van der Waals surface area contributed by atoms with Crippen LogP contribution in [-0.2, 0) is 0 Å². The van der Waals surface area contributed by atoms with Crippen molar-refractivity contribution in [3.63, 3.8) is 0 Å². The van der Waals surface area contributed by atoms with E-state index in [0.717, 1.165) is 31.3 Å². The fraction of sp³-hybridized carbons (Fsp3) is 0.636. The maximum atomic E-state index is 8.82. The maximum absolute atomic E-state index is 8.82. The van der Waals surface area contributed by atoms with Gasteiger partial charge in [0.25, 0.3) is 0 Å². The molecular formula is C11H19N5OS. The second-order valence-corrected chi connectivity index (χ2v) is 5.71. The minimum Gasteiger partial charge on any atom is -0.409 e. The van der Waals surface area contributed by atoms with Gasteiger partial charge in [0.05, 0.1) is 5.54 Å². The standard InChI is InChI=1S/C11H19N5OS/c1-11(2,9(12)14-17)16-6-4-15(5-7-16)10-13-3-8-18-10/h3,8,17H,4-7H2,1-2H3,(H2,12,14).